The van der Waals surface area contributed by atoms with Gasteiger partial charge in [0.1, 0.15) is 6.23 Å². The van der Waals surface area contributed by atoms with Crippen LogP contribution < -0.4 is 0 Å². The number of benzene rings is 1. The van der Waals surface area contributed by atoms with E-state index < -0.39 is 5.60 Å². The maximum absolute atomic E-state index is 13.2. The largest absolute Gasteiger partial charge is 0.373 e. The summed E-state index contributed by atoms with van der Waals surface area (Å²) in [5, 5.41) is 4.41. The Hall–Kier alpha value is -3.10. The second-order valence-electron chi connectivity index (χ2n) is 8.47. The number of carbonyl (C=O) groups is 1. The van der Waals surface area contributed by atoms with Gasteiger partial charge in [0.05, 0.1) is 42.5 Å². The minimum absolute atomic E-state index is 0.0130. The Balaban J connectivity index is 1.07. The molecule has 3 fully saturated rings. The number of hydrogen-bond donors (Lipinski definition) is 0. The second-order valence-corrected chi connectivity index (χ2v) is 8.47. The molecule has 0 N–H and O–H groups in total. The summed E-state index contributed by atoms with van der Waals surface area (Å²) in [5.41, 5.74) is 2.12. The van der Waals surface area contributed by atoms with Gasteiger partial charge in [0, 0.05) is 37.0 Å². The molecular weight excluding hydrogens is 394 g/mol. The van der Waals surface area contributed by atoms with Gasteiger partial charge in [-0.2, -0.15) is 5.10 Å². The molecule has 2 aromatic heterocycles. The molecule has 1 aliphatic carbocycles. The van der Waals surface area contributed by atoms with Gasteiger partial charge in [0.2, 0.25) is 0 Å². The van der Waals surface area contributed by atoms with E-state index in [1.165, 1.54) is 0 Å². The van der Waals surface area contributed by atoms with Gasteiger partial charge in [0.25, 0.3) is 5.91 Å². The number of rotatable bonds is 5. The number of fused-ring (bicyclic) bond motifs is 1. The number of amides is 1. The first-order valence-electron chi connectivity index (χ1n) is 10.7. The molecule has 1 spiro atoms. The summed E-state index contributed by atoms with van der Waals surface area (Å²) in [6.07, 6.45) is 11.6. The number of aromatic nitrogens is 4. The molecular formula is C23H23N5O3. The number of ether oxygens (including phenoxy) is 2. The van der Waals surface area contributed by atoms with E-state index in [1.807, 2.05) is 52.3 Å². The van der Waals surface area contributed by atoms with Crippen molar-refractivity contribution in [1.82, 2.24) is 24.6 Å². The molecule has 3 aliphatic rings. The summed E-state index contributed by atoms with van der Waals surface area (Å²) in [5.74, 6) is 0.0717. The summed E-state index contributed by atoms with van der Waals surface area (Å²) in [6.45, 7) is 0.469. The average molecular weight is 417 g/mol. The van der Waals surface area contributed by atoms with Crippen LogP contribution in [0.15, 0.2) is 61.3 Å². The zero-order valence-corrected chi connectivity index (χ0v) is 17.0. The highest BCUT2D eigenvalue weighted by molar-refractivity contribution is 5.89. The molecule has 2 aliphatic heterocycles. The molecule has 1 saturated carbocycles. The van der Waals surface area contributed by atoms with E-state index in [9.17, 15) is 4.79 Å². The fourth-order valence-electron chi connectivity index (χ4n) is 4.92. The zero-order valence-electron chi connectivity index (χ0n) is 17.0. The van der Waals surface area contributed by atoms with Crippen molar-refractivity contribution in [3.8, 4) is 5.69 Å². The highest BCUT2D eigenvalue weighted by Gasteiger charge is 2.63. The first-order valence-corrected chi connectivity index (χ1v) is 10.7. The fourth-order valence-corrected chi connectivity index (χ4v) is 4.92. The van der Waals surface area contributed by atoms with Crippen LogP contribution in [0.5, 0.6) is 0 Å². The van der Waals surface area contributed by atoms with E-state index in [0.717, 1.165) is 29.8 Å². The fraction of sp³-hybridized carbons (Fsp3) is 0.391. The van der Waals surface area contributed by atoms with Crippen molar-refractivity contribution in [2.24, 2.45) is 0 Å². The molecule has 1 aromatic carbocycles. The van der Waals surface area contributed by atoms with Crippen molar-refractivity contribution in [1.29, 1.82) is 0 Å². The van der Waals surface area contributed by atoms with E-state index in [0.29, 0.717) is 19.4 Å². The van der Waals surface area contributed by atoms with Crippen molar-refractivity contribution in [2.75, 3.05) is 0 Å². The quantitative estimate of drug-likeness (QED) is 0.635. The summed E-state index contributed by atoms with van der Waals surface area (Å²) in [7, 11) is 0. The maximum atomic E-state index is 13.2. The normalized spacial score (nSPS) is 29.4. The van der Waals surface area contributed by atoms with Gasteiger partial charge in [-0.15, -0.1) is 0 Å². The molecule has 1 unspecified atom stereocenters. The Morgan fingerprint density at radius 1 is 1.13 bits per heavy atom. The van der Waals surface area contributed by atoms with E-state index in [4.69, 9.17) is 9.47 Å². The number of nitrogens with zero attached hydrogens (tertiary/aromatic N) is 5. The minimum Gasteiger partial charge on any atom is -0.373 e. The van der Waals surface area contributed by atoms with Crippen molar-refractivity contribution in [2.45, 2.75) is 56.3 Å². The average Bonchev–Trinajstić information content (AvgIpc) is 3.49. The van der Waals surface area contributed by atoms with Crippen LogP contribution in [0.4, 0.5) is 0 Å². The van der Waals surface area contributed by atoms with Crippen LogP contribution in [-0.2, 0) is 20.9 Å². The highest BCUT2D eigenvalue weighted by atomic mass is 16.6. The van der Waals surface area contributed by atoms with Gasteiger partial charge >= 0.3 is 0 Å². The lowest BCUT2D eigenvalue weighted by Crippen LogP contribution is -2.54. The lowest BCUT2D eigenvalue weighted by molar-refractivity contribution is -0.177. The first kappa shape index (κ1) is 18.7. The number of para-hydroxylation sites is 1. The SMILES string of the molecule is O=C1N2C(CC[C@H]2c2cnccn2)OC12CC(OCc1cnn(-c3ccccc3)c1)C2. The van der Waals surface area contributed by atoms with Gasteiger partial charge in [-0.05, 0) is 25.0 Å². The second kappa shape index (κ2) is 7.25. The van der Waals surface area contributed by atoms with Crippen LogP contribution in [0.3, 0.4) is 0 Å². The van der Waals surface area contributed by atoms with Gasteiger partial charge in [0.15, 0.2) is 5.60 Å². The van der Waals surface area contributed by atoms with E-state index in [1.54, 1.807) is 18.6 Å². The molecule has 8 nitrogen and oxygen atoms in total. The molecule has 8 heteroatoms. The molecule has 2 saturated heterocycles. The van der Waals surface area contributed by atoms with Crippen molar-refractivity contribution in [3.05, 3.63) is 72.6 Å². The smallest absolute Gasteiger partial charge is 0.257 e. The topological polar surface area (TPSA) is 82.4 Å². The van der Waals surface area contributed by atoms with Crippen LogP contribution in [0, 0.1) is 0 Å². The molecule has 0 bridgehead atoms. The summed E-state index contributed by atoms with van der Waals surface area (Å²) < 4.78 is 14.1. The van der Waals surface area contributed by atoms with E-state index in [-0.39, 0.29) is 24.3 Å². The monoisotopic (exact) mass is 417 g/mol. The standard InChI is InChI=1S/C23H23N5O3/c29-22-23(31-21-7-6-20(28(21)22)19-13-24-8-9-25-19)10-18(11-23)30-15-16-12-26-27(14-16)17-4-2-1-3-5-17/h1-5,8-9,12-14,18,20-21H,6-7,10-11,15H2/t18?,20-,21?,23?/m0/s1. The third-order valence-corrected chi connectivity index (χ3v) is 6.50. The molecule has 158 valence electrons. The highest BCUT2D eigenvalue weighted by Crippen LogP contribution is 2.51. The van der Waals surface area contributed by atoms with E-state index in [2.05, 4.69) is 15.1 Å². The minimum atomic E-state index is -0.732. The summed E-state index contributed by atoms with van der Waals surface area (Å²) >= 11 is 0. The van der Waals surface area contributed by atoms with Crippen molar-refractivity contribution >= 4 is 5.91 Å². The van der Waals surface area contributed by atoms with Gasteiger partial charge in [-0.25, -0.2) is 4.68 Å². The maximum Gasteiger partial charge on any atom is 0.257 e. The Morgan fingerprint density at radius 3 is 2.81 bits per heavy atom. The van der Waals surface area contributed by atoms with Crippen LogP contribution in [0.1, 0.15) is 43.0 Å². The van der Waals surface area contributed by atoms with Crippen LogP contribution in [0.25, 0.3) is 5.69 Å². The molecule has 0 radical (unpaired) electrons. The van der Waals surface area contributed by atoms with Crippen LogP contribution in [0.2, 0.25) is 0 Å². The molecule has 1 amide bonds. The predicted molar refractivity (Wildman–Crippen MR) is 110 cm³/mol. The molecule has 3 aromatic rings. The lowest BCUT2D eigenvalue weighted by Gasteiger charge is -2.42. The van der Waals surface area contributed by atoms with Crippen molar-refractivity contribution in [3.63, 3.8) is 0 Å². The van der Waals surface area contributed by atoms with Crippen LogP contribution >= 0.6 is 0 Å². The molecule has 2 atom stereocenters. The summed E-state index contributed by atoms with van der Waals surface area (Å²) in [6, 6.07) is 9.93. The zero-order chi connectivity index (χ0) is 20.8. The van der Waals surface area contributed by atoms with E-state index >= 15 is 0 Å². The van der Waals surface area contributed by atoms with Gasteiger partial charge in [-0.1, -0.05) is 18.2 Å². The molecule has 31 heavy (non-hydrogen) atoms. The molecule has 6 rings (SSSR count). The Labute approximate surface area is 179 Å². The number of hydrogen-bond acceptors (Lipinski definition) is 6. The Bertz CT molecular complexity index is 1080. The third kappa shape index (κ3) is 3.14. The predicted octanol–water partition coefficient (Wildman–Crippen LogP) is 2.80. The molecule has 4 heterocycles. The number of carbonyl (C=O) groups excluding carboxylic acids is 1. The Kier molecular flexibility index (Phi) is 4.36. The van der Waals surface area contributed by atoms with Gasteiger partial charge < -0.3 is 14.4 Å². The Morgan fingerprint density at radius 2 is 2.00 bits per heavy atom. The van der Waals surface area contributed by atoms with Crippen LogP contribution in [-0.4, -0.2) is 48.5 Å². The third-order valence-electron chi connectivity index (χ3n) is 6.50. The summed E-state index contributed by atoms with van der Waals surface area (Å²) in [4.78, 5) is 23.7. The first-order chi connectivity index (χ1) is 15.2. The van der Waals surface area contributed by atoms with Crippen molar-refractivity contribution < 1.29 is 14.3 Å². The van der Waals surface area contributed by atoms with Gasteiger partial charge in [-0.3, -0.25) is 14.8 Å². The lowest BCUT2D eigenvalue weighted by atomic mass is 9.76.